The van der Waals surface area contributed by atoms with Crippen molar-refractivity contribution in [1.29, 1.82) is 0 Å². The molecule has 2 aromatic rings. The summed E-state index contributed by atoms with van der Waals surface area (Å²) in [6.07, 6.45) is 0.238. The molecule has 0 bridgehead atoms. The molecule has 0 saturated carbocycles. The van der Waals surface area contributed by atoms with Gasteiger partial charge in [0.2, 0.25) is 11.8 Å². The van der Waals surface area contributed by atoms with E-state index >= 15 is 0 Å². The number of amides is 2. The third-order valence-electron chi connectivity index (χ3n) is 4.85. The summed E-state index contributed by atoms with van der Waals surface area (Å²) < 4.78 is 26.9. The van der Waals surface area contributed by atoms with Gasteiger partial charge in [0.1, 0.15) is 6.04 Å². The lowest BCUT2D eigenvalue weighted by atomic mass is 10.1. The van der Waals surface area contributed by atoms with Crippen LogP contribution >= 0.6 is 0 Å². The fourth-order valence-corrected chi connectivity index (χ4v) is 5.00. The zero-order valence-electron chi connectivity index (χ0n) is 16.0. The summed E-state index contributed by atoms with van der Waals surface area (Å²) in [4.78, 5) is 27.4. The minimum Gasteiger partial charge on any atom is -0.334 e. The molecule has 1 saturated heterocycles. The van der Waals surface area contributed by atoms with Crippen molar-refractivity contribution >= 4 is 21.8 Å². The highest BCUT2D eigenvalue weighted by molar-refractivity contribution is 7.89. The summed E-state index contributed by atoms with van der Waals surface area (Å²) in [7, 11) is -4.08. The molecule has 0 radical (unpaired) electrons. The van der Waals surface area contributed by atoms with Crippen LogP contribution < -0.4 is 0 Å². The summed E-state index contributed by atoms with van der Waals surface area (Å²) in [5.41, 5.74) is 0.950. The zero-order chi connectivity index (χ0) is 20.3. The fraction of sp³-hybridized carbons (Fsp3) is 0.333. The lowest BCUT2D eigenvalue weighted by Gasteiger charge is -2.32. The average molecular weight is 401 g/mol. The molecule has 0 N–H and O–H groups in total. The van der Waals surface area contributed by atoms with E-state index in [0.29, 0.717) is 6.54 Å². The summed E-state index contributed by atoms with van der Waals surface area (Å²) >= 11 is 0. The second-order valence-electron chi connectivity index (χ2n) is 7.11. The SMILES string of the molecule is CC(C)N(Cc1ccccc1)C(=O)[C@H]1CCC(=O)N1S(=O)(=O)c1ccccc1. The predicted molar refractivity (Wildman–Crippen MR) is 106 cm³/mol. The number of sulfonamides is 1. The maximum Gasteiger partial charge on any atom is 0.267 e. The van der Waals surface area contributed by atoms with E-state index in [2.05, 4.69) is 0 Å². The van der Waals surface area contributed by atoms with Gasteiger partial charge in [-0.1, -0.05) is 48.5 Å². The molecule has 1 heterocycles. The number of rotatable bonds is 6. The number of carbonyl (C=O) groups excluding carboxylic acids is 2. The number of nitrogens with zero attached hydrogens (tertiary/aromatic N) is 2. The highest BCUT2D eigenvalue weighted by Crippen LogP contribution is 2.29. The van der Waals surface area contributed by atoms with Gasteiger partial charge in [0.25, 0.3) is 10.0 Å². The molecule has 2 aromatic carbocycles. The average Bonchev–Trinajstić information content (AvgIpc) is 3.09. The van der Waals surface area contributed by atoms with Crippen LogP contribution in [0.15, 0.2) is 65.6 Å². The summed E-state index contributed by atoms with van der Waals surface area (Å²) in [5, 5.41) is 0. The molecule has 1 fully saturated rings. The zero-order valence-corrected chi connectivity index (χ0v) is 16.8. The molecule has 6 nitrogen and oxygen atoms in total. The first kappa shape index (κ1) is 20.1. The fourth-order valence-electron chi connectivity index (χ4n) is 3.38. The van der Waals surface area contributed by atoms with E-state index < -0.39 is 22.0 Å². The van der Waals surface area contributed by atoms with Crippen LogP contribution in [0.1, 0.15) is 32.3 Å². The van der Waals surface area contributed by atoms with E-state index in [1.807, 2.05) is 44.2 Å². The van der Waals surface area contributed by atoms with Crippen molar-refractivity contribution in [3.05, 3.63) is 66.2 Å². The van der Waals surface area contributed by atoms with Gasteiger partial charge in [-0.05, 0) is 38.0 Å². The molecule has 2 amide bonds. The molecule has 148 valence electrons. The Bertz CT molecular complexity index is 943. The smallest absolute Gasteiger partial charge is 0.267 e. The van der Waals surface area contributed by atoms with E-state index in [1.165, 1.54) is 12.1 Å². The lowest BCUT2D eigenvalue weighted by Crippen LogP contribution is -2.50. The summed E-state index contributed by atoms with van der Waals surface area (Å²) in [6, 6.07) is 16.1. The standard InChI is InChI=1S/C21H24N2O4S/c1-16(2)22(15-17-9-5-3-6-10-17)21(25)19-13-14-20(24)23(19)28(26,27)18-11-7-4-8-12-18/h3-12,16,19H,13-15H2,1-2H3/t19-/m1/s1. The number of hydrogen-bond donors (Lipinski definition) is 0. The summed E-state index contributed by atoms with van der Waals surface area (Å²) in [5.74, 6) is -0.880. The molecule has 1 aliphatic heterocycles. The lowest BCUT2D eigenvalue weighted by molar-refractivity contribution is -0.139. The second kappa shape index (κ2) is 8.14. The van der Waals surface area contributed by atoms with Gasteiger partial charge in [0.05, 0.1) is 4.90 Å². The van der Waals surface area contributed by atoms with Crippen LogP contribution in [0.4, 0.5) is 0 Å². The molecule has 3 rings (SSSR count). The second-order valence-corrected chi connectivity index (χ2v) is 8.92. The molecule has 0 aliphatic carbocycles. The van der Waals surface area contributed by atoms with Crippen LogP contribution in [-0.2, 0) is 26.2 Å². The van der Waals surface area contributed by atoms with Gasteiger partial charge in [-0.2, -0.15) is 0 Å². The number of carbonyl (C=O) groups is 2. The van der Waals surface area contributed by atoms with Crippen LogP contribution in [0.2, 0.25) is 0 Å². The van der Waals surface area contributed by atoms with Crippen molar-refractivity contribution in [1.82, 2.24) is 9.21 Å². The van der Waals surface area contributed by atoms with Crippen molar-refractivity contribution in [2.45, 2.75) is 50.2 Å². The molecule has 0 spiro atoms. The molecule has 28 heavy (non-hydrogen) atoms. The molecular weight excluding hydrogens is 376 g/mol. The Hall–Kier alpha value is -2.67. The van der Waals surface area contributed by atoms with E-state index in [1.54, 1.807) is 23.1 Å². The highest BCUT2D eigenvalue weighted by atomic mass is 32.2. The normalized spacial score (nSPS) is 17.2. The minimum atomic E-state index is -4.08. The van der Waals surface area contributed by atoms with E-state index in [9.17, 15) is 18.0 Å². The molecule has 0 aromatic heterocycles. The first-order valence-electron chi connectivity index (χ1n) is 9.29. The first-order chi connectivity index (χ1) is 13.3. The van der Waals surface area contributed by atoms with Crippen LogP contribution in [0.5, 0.6) is 0 Å². The van der Waals surface area contributed by atoms with Gasteiger partial charge in [-0.25, -0.2) is 12.7 Å². The minimum absolute atomic E-state index is 0.0159. The van der Waals surface area contributed by atoms with Gasteiger partial charge >= 0.3 is 0 Å². The Kier molecular flexibility index (Phi) is 5.84. The molecular formula is C21H24N2O4S. The topological polar surface area (TPSA) is 74.8 Å². The van der Waals surface area contributed by atoms with E-state index in [4.69, 9.17) is 0 Å². The maximum absolute atomic E-state index is 13.3. The quantitative estimate of drug-likeness (QED) is 0.747. The van der Waals surface area contributed by atoms with Crippen LogP contribution in [0, 0.1) is 0 Å². The monoisotopic (exact) mass is 400 g/mol. The third kappa shape index (κ3) is 3.94. The Morgan fingerprint density at radius 2 is 1.64 bits per heavy atom. The first-order valence-corrected chi connectivity index (χ1v) is 10.7. The van der Waals surface area contributed by atoms with Crippen LogP contribution in [0.3, 0.4) is 0 Å². The Morgan fingerprint density at radius 3 is 2.21 bits per heavy atom. The Labute approximate surface area is 165 Å². The van der Waals surface area contributed by atoms with Gasteiger partial charge in [0.15, 0.2) is 0 Å². The number of hydrogen-bond acceptors (Lipinski definition) is 4. The van der Waals surface area contributed by atoms with Crippen molar-refractivity contribution in [3.8, 4) is 0 Å². The Balaban J connectivity index is 1.91. The van der Waals surface area contributed by atoms with Crippen LogP contribution in [-0.4, -0.2) is 41.5 Å². The van der Waals surface area contributed by atoms with Crippen molar-refractivity contribution in [2.75, 3.05) is 0 Å². The maximum atomic E-state index is 13.3. The number of benzene rings is 2. The van der Waals surface area contributed by atoms with Gasteiger partial charge < -0.3 is 4.90 Å². The van der Waals surface area contributed by atoms with Crippen LogP contribution in [0.25, 0.3) is 0 Å². The Morgan fingerprint density at radius 1 is 1.07 bits per heavy atom. The molecule has 0 unspecified atom stereocenters. The molecule has 7 heteroatoms. The van der Waals surface area contributed by atoms with E-state index in [0.717, 1.165) is 9.87 Å². The third-order valence-corrected chi connectivity index (χ3v) is 6.69. The van der Waals surface area contributed by atoms with Gasteiger partial charge in [-0.15, -0.1) is 0 Å². The molecule has 1 aliphatic rings. The summed E-state index contributed by atoms with van der Waals surface area (Å²) in [6.45, 7) is 4.13. The van der Waals surface area contributed by atoms with Gasteiger partial charge in [-0.3, -0.25) is 9.59 Å². The highest BCUT2D eigenvalue weighted by Gasteiger charge is 2.45. The van der Waals surface area contributed by atoms with E-state index in [-0.39, 0.29) is 29.7 Å². The van der Waals surface area contributed by atoms with Crippen molar-refractivity contribution < 1.29 is 18.0 Å². The van der Waals surface area contributed by atoms with Gasteiger partial charge in [0, 0.05) is 19.0 Å². The van der Waals surface area contributed by atoms with Crippen molar-refractivity contribution in [2.24, 2.45) is 0 Å². The van der Waals surface area contributed by atoms with Crippen molar-refractivity contribution in [3.63, 3.8) is 0 Å². The largest absolute Gasteiger partial charge is 0.334 e. The molecule has 1 atom stereocenters. The predicted octanol–water partition coefficient (Wildman–Crippen LogP) is 2.80.